The number of hydrogen-bond donors (Lipinski definition) is 3. The third kappa shape index (κ3) is 6.04. The van der Waals surface area contributed by atoms with Gasteiger partial charge in [0.1, 0.15) is 0 Å². The Morgan fingerprint density at radius 2 is 1.63 bits per heavy atom. The van der Waals surface area contributed by atoms with Gasteiger partial charge in [0.05, 0.1) is 0 Å². The molecule has 0 heterocycles. The summed E-state index contributed by atoms with van der Waals surface area (Å²) in [5.74, 6) is -1.07. The van der Waals surface area contributed by atoms with Gasteiger partial charge in [-0.1, -0.05) is 0 Å². The molecule has 5 nitrogen and oxygen atoms in total. The fourth-order valence-corrected chi connectivity index (χ4v) is 20.4. The van der Waals surface area contributed by atoms with Gasteiger partial charge in [-0.3, -0.25) is 0 Å². The maximum atomic E-state index is 13.9. The van der Waals surface area contributed by atoms with E-state index in [0.29, 0.717) is 44.9 Å². The van der Waals surface area contributed by atoms with Gasteiger partial charge in [0.2, 0.25) is 0 Å². The van der Waals surface area contributed by atoms with E-state index in [9.17, 15) is 20.1 Å². The first-order valence-corrected chi connectivity index (χ1v) is 21.6. The van der Waals surface area contributed by atoms with E-state index < -0.39 is 47.5 Å². The molecule has 3 aliphatic rings. The van der Waals surface area contributed by atoms with Gasteiger partial charge in [-0.15, -0.1) is 0 Å². The second-order valence-electron chi connectivity index (χ2n) is 11.7. The van der Waals surface area contributed by atoms with Crippen LogP contribution in [0.1, 0.15) is 104 Å². The van der Waals surface area contributed by atoms with Crippen LogP contribution in [0.3, 0.4) is 0 Å². The van der Waals surface area contributed by atoms with Gasteiger partial charge in [0.15, 0.2) is 0 Å². The summed E-state index contributed by atoms with van der Waals surface area (Å²) in [7, 11) is 0. The van der Waals surface area contributed by atoms with Crippen molar-refractivity contribution in [2.45, 2.75) is 134 Å². The first kappa shape index (κ1) is 29.2. The minimum atomic E-state index is -3.26. The van der Waals surface area contributed by atoms with Gasteiger partial charge < -0.3 is 0 Å². The number of unbranched alkanes of at least 4 members (excludes halogenated alkanes) is 3. The summed E-state index contributed by atoms with van der Waals surface area (Å²) in [6.45, 7) is 10.4. The normalized spacial score (nSPS) is 35.0. The quantitative estimate of drug-likeness (QED) is 0.185. The summed E-state index contributed by atoms with van der Waals surface area (Å²) < 4.78 is 9.73. The van der Waals surface area contributed by atoms with Crippen LogP contribution in [0.5, 0.6) is 0 Å². The first-order chi connectivity index (χ1) is 16.6. The number of hydrogen-bond acceptors (Lipinski definition) is 5. The zero-order valence-corrected chi connectivity index (χ0v) is 25.3. The molecule has 3 rings (SSSR count). The van der Waals surface area contributed by atoms with Gasteiger partial charge >= 0.3 is 218 Å². The van der Waals surface area contributed by atoms with Crippen LogP contribution >= 0.6 is 0 Å². The van der Waals surface area contributed by atoms with Crippen molar-refractivity contribution in [2.75, 3.05) is 0 Å². The summed E-state index contributed by atoms with van der Waals surface area (Å²) in [4.78, 5) is 13.9. The number of rotatable bonds is 12. The predicted molar refractivity (Wildman–Crippen MR) is 143 cm³/mol. The number of fused-ring (bicyclic) bond motifs is 3. The number of aliphatic hydroxyl groups is 3. The third-order valence-electron chi connectivity index (χ3n) is 9.33. The average Bonchev–Trinajstić information content (AvgIpc) is 2.84. The maximum absolute atomic E-state index is 13.9. The van der Waals surface area contributed by atoms with Crippen LogP contribution in [0, 0.1) is 11.8 Å². The van der Waals surface area contributed by atoms with E-state index in [1.807, 2.05) is 6.08 Å². The molecule has 3 aliphatic carbocycles. The molecular formula is C29H50O5Sn. The average molecular weight is 597 g/mol. The summed E-state index contributed by atoms with van der Waals surface area (Å²) >= 11 is -3.26. The molecule has 3 N–H and O–H groups in total. The third-order valence-corrected chi connectivity index (χ3v) is 21.9. The molecule has 2 fully saturated rings. The fraction of sp³-hybridized carbons (Fsp3) is 0.828. The van der Waals surface area contributed by atoms with Crippen LogP contribution < -0.4 is 0 Å². The van der Waals surface area contributed by atoms with Crippen LogP contribution in [0.4, 0.5) is 0 Å². The Hall–Kier alpha value is -0.371. The molecule has 0 unspecified atom stereocenters. The van der Waals surface area contributed by atoms with Gasteiger partial charge in [-0.05, 0) is 0 Å². The zero-order chi connectivity index (χ0) is 25.7. The molecule has 0 amide bonds. The Morgan fingerprint density at radius 1 is 1.03 bits per heavy atom. The Bertz CT molecular complexity index is 759. The van der Waals surface area contributed by atoms with E-state index in [2.05, 4.69) is 27.4 Å². The molecular weight excluding hydrogens is 547 g/mol. The summed E-state index contributed by atoms with van der Waals surface area (Å²) in [6.07, 6.45) is 13.9. The molecule has 0 radical (unpaired) electrons. The van der Waals surface area contributed by atoms with E-state index in [0.717, 1.165) is 57.4 Å². The van der Waals surface area contributed by atoms with Crippen LogP contribution in [-0.4, -0.2) is 56.9 Å². The standard InChI is InChI=1S/C17H24O5.3C4H9.Sn/c1-2-15(20)9-6-12-11(10-15)4-5-13-16(12,21)7-3-8-17(13,22)14(18)19;3*1-3-4-2;/h2,10,12-13,20-22H,1,3-9H2,(H,18,19);3*1,3-4H2,2H3;/q;;;;+1/p-1/t12-,13+,15-,16-,17+;;;;/m0..../s1. The van der Waals surface area contributed by atoms with Gasteiger partial charge in [0, 0.05) is 0 Å². The van der Waals surface area contributed by atoms with Crippen molar-refractivity contribution < 1.29 is 23.2 Å². The predicted octanol–water partition coefficient (Wildman–Crippen LogP) is 6.19. The van der Waals surface area contributed by atoms with Crippen molar-refractivity contribution in [1.82, 2.24) is 0 Å². The van der Waals surface area contributed by atoms with Crippen LogP contribution in [0.25, 0.3) is 0 Å². The minimum absolute atomic E-state index is 0.130. The van der Waals surface area contributed by atoms with Crippen LogP contribution in [-0.2, 0) is 7.87 Å². The molecule has 0 spiro atoms. The molecule has 0 bridgehead atoms. The molecule has 0 aliphatic heterocycles. The van der Waals surface area contributed by atoms with E-state index in [1.54, 1.807) is 6.08 Å². The molecule has 0 aromatic heterocycles. The molecule has 0 aromatic rings. The van der Waals surface area contributed by atoms with Crippen LogP contribution in [0.15, 0.2) is 24.3 Å². The molecule has 5 atom stereocenters. The van der Waals surface area contributed by atoms with Gasteiger partial charge in [-0.2, -0.15) is 0 Å². The first-order valence-electron chi connectivity index (χ1n) is 14.4. The Kier molecular flexibility index (Phi) is 10.0. The van der Waals surface area contributed by atoms with E-state index >= 15 is 0 Å². The molecule has 0 aromatic carbocycles. The van der Waals surface area contributed by atoms with Crippen molar-refractivity contribution in [2.24, 2.45) is 11.8 Å². The Balaban J connectivity index is 1.88. The molecule has 0 saturated heterocycles. The van der Waals surface area contributed by atoms with Gasteiger partial charge in [0.25, 0.3) is 0 Å². The zero-order valence-electron chi connectivity index (χ0n) is 22.5. The van der Waals surface area contributed by atoms with Crippen LogP contribution in [0.2, 0.25) is 13.3 Å². The number of carbonyl (C=O) groups excluding carboxylic acids is 1. The molecule has 6 heteroatoms. The van der Waals surface area contributed by atoms with Gasteiger partial charge in [-0.25, -0.2) is 0 Å². The fourth-order valence-electron chi connectivity index (χ4n) is 7.21. The van der Waals surface area contributed by atoms with Crippen molar-refractivity contribution >= 4 is 24.8 Å². The topological polar surface area (TPSA) is 87.0 Å². The van der Waals surface area contributed by atoms with E-state index in [-0.39, 0.29) is 5.92 Å². The summed E-state index contributed by atoms with van der Waals surface area (Å²) in [5, 5.41) is 34.8. The summed E-state index contributed by atoms with van der Waals surface area (Å²) in [5.41, 5.74) is -2.72. The molecule has 200 valence electrons. The Labute approximate surface area is 217 Å². The van der Waals surface area contributed by atoms with E-state index in [1.165, 1.54) is 0 Å². The SMILES string of the molecule is C=C[C@@]1(O)C=C2CC[C@@H]3[C@](O)(CCC[C@]3(O)C(=O)[O][Sn]([CH2]CCC)([CH2]CCC)[CH2]CCC)[C@H]2CC1. The van der Waals surface area contributed by atoms with Crippen molar-refractivity contribution in [3.05, 3.63) is 24.3 Å². The van der Waals surface area contributed by atoms with E-state index in [4.69, 9.17) is 3.07 Å². The monoisotopic (exact) mass is 598 g/mol. The second-order valence-corrected chi connectivity index (χ2v) is 23.4. The second kappa shape index (κ2) is 12.0. The van der Waals surface area contributed by atoms with Crippen molar-refractivity contribution in [1.29, 1.82) is 0 Å². The molecule has 35 heavy (non-hydrogen) atoms. The Morgan fingerprint density at radius 3 is 2.17 bits per heavy atom. The number of carbonyl (C=O) groups is 1. The van der Waals surface area contributed by atoms with Crippen molar-refractivity contribution in [3.63, 3.8) is 0 Å². The molecule has 2 saturated carbocycles. The van der Waals surface area contributed by atoms with Crippen molar-refractivity contribution in [3.8, 4) is 0 Å². The summed E-state index contributed by atoms with van der Waals surface area (Å²) in [6, 6.07) is 0.